The van der Waals surface area contributed by atoms with Crippen LogP contribution in [0.15, 0.2) is 12.1 Å². The number of nitrogens with zero attached hydrogens (tertiary/aromatic N) is 3. The molecule has 2 saturated heterocycles. The second-order valence-electron chi connectivity index (χ2n) is 5.31. The summed E-state index contributed by atoms with van der Waals surface area (Å²) in [7, 11) is 0. The van der Waals surface area contributed by atoms with Crippen molar-refractivity contribution >= 4 is 5.82 Å². The second kappa shape index (κ2) is 4.58. The molecule has 4 nitrogen and oxygen atoms in total. The van der Waals surface area contributed by atoms with Crippen molar-refractivity contribution in [2.24, 2.45) is 0 Å². The molecule has 1 N–H and O–H groups in total. The summed E-state index contributed by atoms with van der Waals surface area (Å²) in [6, 6.07) is 7.27. The lowest BCUT2D eigenvalue weighted by molar-refractivity contribution is 0.563. The van der Waals surface area contributed by atoms with E-state index in [9.17, 15) is 5.26 Å². The molecule has 2 aliphatic rings. The summed E-state index contributed by atoms with van der Waals surface area (Å²) in [4.78, 5) is 6.85. The average Bonchev–Trinajstić information content (AvgIpc) is 2.69. The van der Waals surface area contributed by atoms with Gasteiger partial charge in [0.05, 0.1) is 5.56 Å². The highest BCUT2D eigenvalue weighted by molar-refractivity contribution is 5.54. The van der Waals surface area contributed by atoms with E-state index in [2.05, 4.69) is 21.3 Å². The van der Waals surface area contributed by atoms with Gasteiger partial charge in [-0.25, -0.2) is 4.98 Å². The lowest BCUT2D eigenvalue weighted by atomic mass is 10.1. The van der Waals surface area contributed by atoms with Gasteiger partial charge in [0.2, 0.25) is 0 Å². The van der Waals surface area contributed by atoms with E-state index in [1.807, 2.05) is 19.1 Å². The maximum absolute atomic E-state index is 9.21. The number of nitrogens with one attached hydrogen (secondary N) is 1. The van der Waals surface area contributed by atoms with Gasteiger partial charge in [-0.1, -0.05) is 0 Å². The molecule has 2 bridgehead atoms. The molecule has 2 atom stereocenters. The third-order valence-corrected chi connectivity index (χ3v) is 3.96. The molecule has 94 valence electrons. The van der Waals surface area contributed by atoms with Crippen molar-refractivity contribution in [1.29, 1.82) is 5.26 Å². The fraction of sp³-hybridized carbons (Fsp3) is 0.571. The number of aryl methyl sites for hydroxylation is 1. The molecule has 0 spiro atoms. The molecule has 4 heteroatoms. The standard InChI is InChI=1S/C14H18N4/c1-10-2-3-11(8-15)14(16-10)18-7-6-12-4-5-13(9-18)17-12/h2-3,12-13,17H,4-7,9H2,1H3. The zero-order valence-corrected chi connectivity index (χ0v) is 10.7. The molecule has 3 rings (SSSR count). The zero-order chi connectivity index (χ0) is 12.5. The number of pyridine rings is 1. The van der Waals surface area contributed by atoms with Gasteiger partial charge in [0, 0.05) is 30.9 Å². The Kier molecular flexibility index (Phi) is 2.92. The van der Waals surface area contributed by atoms with E-state index >= 15 is 0 Å². The molecule has 3 heterocycles. The Morgan fingerprint density at radius 1 is 1.33 bits per heavy atom. The van der Waals surface area contributed by atoms with Crippen LogP contribution in [-0.4, -0.2) is 30.2 Å². The van der Waals surface area contributed by atoms with Crippen molar-refractivity contribution in [3.8, 4) is 6.07 Å². The summed E-state index contributed by atoms with van der Waals surface area (Å²) in [6.45, 7) is 3.95. The quantitative estimate of drug-likeness (QED) is 0.812. The van der Waals surface area contributed by atoms with Crippen molar-refractivity contribution in [3.05, 3.63) is 23.4 Å². The maximum Gasteiger partial charge on any atom is 0.146 e. The van der Waals surface area contributed by atoms with Crippen LogP contribution in [0.2, 0.25) is 0 Å². The number of fused-ring (bicyclic) bond motifs is 2. The van der Waals surface area contributed by atoms with E-state index in [1.165, 1.54) is 12.8 Å². The number of nitriles is 1. The van der Waals surface area contributed by atoms with Gasteiger partial charge in [-0.3, -0.25) is 0 Å². The zero-order valence-electron chi connectivity index (χ0n) is 10.7. The summed E-state index contributed by atoms with van der Waals surface area (Å²) in [6.07, 6.45) is 3.69. The molecule has 0 amide bonds. The monoisotopic (exact) mass is 242 g/mol. The Morgan fingerprint density at radius 2 is 2.17 bits per heavy atom. The van der Waals surface area contributed by atoms with Gasteiger partial charge < -0.3 is 10.2 Å². The average molecular weight is 242 g/mol. The van der Waals surface area contributed by atoms with Crippen LogP contribution in [0.5, 0.6) is 0 Å². The highest BCUT2D eigenvalue weighted by atomic mass is 15.2. The fourth-order valence-corrected chi connectivity index (χ4v) is 3.01. The highest BCUT2D eigenvalue weighted by Gasteiger charge is 2.30. The van der Waals surface area contributed by atoms with Crippen LogP contribution >= 0.6 is 0 Å². The SMILES string of the molecule is Cc1ccc(C#N)c(N2CCC3CCC(C2)N3)n1. The Bertz CT molecular complexity index is 491. The van der Waals surface area contributed by atoms with Crippen LogP contribution in [0.25, 0.3) is 0 Å². The molecule has 2 fully saturated rings. The van der Waals surface area contributed by atoms with E-state index in [4.69, 9.17) is 0 Å². The van der Waals surface area contributed by atoms with Crippen LogP contribution in [0, 0.1) is 18.3 Å². The van der Waals surface area contributed by atoms with Gasteiger partial charge in [0.15, 0.2) is 0 Å². The number of aromatic nitrogens is 1. The van der Waals surface area contributed by atoms with Gasteiger partial charge in [0.1, 0.15) is 11.9 Å². The highest BCUT2D eigenvalue weighted by Crippen LogP contribution is 2.25. The Hall–Kier alpha value is -1.60. The molecule has 2 unspecified atom stereocenters. The van der Waals surface area contributed by atoms with Crippen molar-refractivity contribution in [1.82, 2.24) is 10.3 Å². The van der Waals surface area contributed by atoms with Crippen LogP contribution in [0.3, 0.4) is 0 Å². The number of rotatable bonds is 1. The summed E-state index contributed by atoms with van der Waals surface area (Å²) in [5, 5.41) is 12.9. The van der Waals surface area contributed by atoms with Gasteiger partial charge >= 0.3 is 0 Å². The van der Waals surface area contributed by atoms with Gasteiger partial charge in [0.25, 0.3) is 0 Å². The third-order valence-electron chi connectivity index (χ3n) is 3.96. The van der Waals surface area contributed by atoms with Crippen LogP contribution < -0.4 is 10.2 Å². The van der Waals surface area contributed by atoms with Crippen molar-refractivity contribution in [3.63, 3.8) is 0 Å². The molecule has 2 aliphatic heterocycles. The van der Waals surface area contributed by atoms with E-state index < -0.39 is 0 Å². The first-order chi connectivity index (χ1) is 8.76. The first-order valence-electron chi connectivity index (χ1n) is 6.65. The molecular formula is C14H18N4. The van der Waals surface area contributed by atoms with E-state index in [-0.39, 0.29) is 0 Å². The predicted octanol–water partition coefficient (Wildman–Crippen LogP) is 1.59. The second-order valence-corrected chi connectivity index (χ2v) is 5.31. The van der Waals surface area contributed by atoms with Gasteiger partial charge in [-0.15, -0.1) is 0 Å². The Balaban J connectivity index is 1.90. The molecule has 0 radical (unpaired) electrons. The van der Waals surface area contributed by atoms with Crippen LogP contribution in [0.4, 0.5) is 5.82 Å². The van der Waals surface area contributed by atoms with Crippen molar-refractivity contribution < 1.29 is 0 Å². The minimum Gasteiger partial charge on any atom is -0.354 e. The van der Waals surface area contributed by atoms with E-state index in [0.29, 0.717) is 17.6 Å². The normalized spacial score (nSPS) is 26.8. The lowest BCUT2D eigenvalue weighted by Crippen LogP contribution is -2.36. The number of hydrogen-bond donors (Lipinski definition) is 1. The largest absolute Gasteiger partial charge is 0.354 e. The minimum atomic E-state index is 0.561. The van der Waals surface area contributed by atoms with Gasteiger partial charge in [-0.05, 0) is 38.3 Å². The summed E-state index contributed by atoms with van der Waals surface area (Å²) in [5.41, 5.74) is 1.67. The molecule has 1 aromatic rings. The predicted molar refractivity (Wildman–Crippen MR) is 70.5 cm³/mol. The van der Waals surface area contributed by atoms with Gasteiger partial charge in [-0.2, -0.15) is 5.26 Å². The summed E-state index contributed by atoms with van der Waals surface area (Å²) < 4.78 is 0. The molecule has 0 aromatic carbocycles. The molecule has 18 heavy (non-hydrogen) atoms. The van der Waals surface area contributed by atoms with Crippen molar-refractivity contribution in [2.45, 2.75) is 38.3 Å². The molecular weight excluding hydrogens is 224 g/mol. The summed E-state index contributed by atoms with van der Waals surface area (Å²) in [5.74, 6) is 0.867. The number of anilines is 1. The topological polar surface area (TPSA) is 52.0 Å². The lowest BCUT2D eigenvalue weighted by Gasteiger charge is -2.26. The third kappa shape index (κ3) is 2.06. The Labute approximate surface area is 108 Å². The first-order valence-corrected chi connectivity index (χ1v) is 6.65. The molecule has 1 aromatic heterocycles. The smallest absolute Gasteiger partial charge is 0.146 e. The molecule has 0 aliphatic carbocycles. The minimum absolute atomic E-state index is 0.561. The van der Waals surface area contributed by atoms with Crippen LogP contribution in [-0.2, 0) is 0 Å². The number of hydrogen-bond acceptors (Lipinski definition) is 4. The van der Waals surface area contributed by atoms with E-state index in [1.54, 1.807) is 0 Å². The first kappa shape index (κ1) is 11.5. The fourth-order valence-electron chi connectivity index (χ4n) is 3.01. The van der Waals surface area contributed by atoms with Crippen LogP contribution in [0.1, 0.15) is 30.5 Å². The summed E-state index contributed by atoms with van der Waals surface area (Å²) >= 11 is 0. The van der Waals surface area contributed by atoms with Crippen molar-refractivity contribution in [2.75, 3.05) is 18.0 Å². The Morgan fingerprint density at radius 3 is 3.00 bits per heavy atom. The molecule has 0 saturated carbocycles. The maximum atomic E-state index is 9.21. The van der Waals surface area contributed by atoms with E-state index in [0.717, 1.165) is 31.0 Å².